The maximum atomic E-state index is 13.6. The van der Waals surface area contributed by atoms with Crippen molar-refractivity contribution in [3.63, 3.8) is 0 Å². The average Bonchev–Trinajstić information content (AvgIpc) is 3.08. The lowest BCUT2D eigenvalue weighted by atomic mass is 10.1. The highest BCUT2D eigenvalue weighted by Gasteiger charge is 2.30. The number of carbonyl (C=O) groups is 1. The number of hydrogen-bond acceptors (Lipinski definition) is 3. The standard InChI is InChI=1S/C20H16ClF3N4O/c1-11-9-28-18(14(8-26-28)17-3-2-13(22)7-25-17)10-27(11)19(29)6-12-4-15(21)20(24)16(23)5-12/h2-5,7-8,11H,6,9-10H2,1H3. The Kier molecular flexibility index (Phi) is 5.04. The van der Waals surface area contributed by atoms with Gasteiger partial charge in [0.1, 0.15) is 5.82 Å². The monoisotopic (exact) mass is 420 g/mol. The van der Waals surface area contributed by atoms with Crippen LogP contribution in [0.5, 0.6) is 0 Å². The van der Waals surface area contributed by atoms with Gasteiger partial charge in [-0.25, -0.2) is 13.2 Å². The van der Waals surface area contributed by atoms with Crippen molar-refractivity contribution in [2.45, 2.75) is 32.5 Å². The fourth-order valence-electron chi connectivity index (χ4n) is 3.47. The molecule has 1 amide bonds. The van der Waals surface area contributed by atoms with Crippen molar-refractivity contribution in [3.8, 4) is 11.3 Å². The summed E-state index contributed by atoms with van der Waals surface area (Å²) in [6.07, 6.45) is 2.66. The zero-order valence-corrected chi connectivity index (χ0v) is 16.1. The molecule has 0 bridgehead atoms. The molecule has 0 radical (unpaired) electrons. The fourth-order valence-corrected chi connectivity index (χ4v) is 3.70. The molecule has 1 unspecified atom stereocenters. The average molecular weight is 421 g/mol. The van der Waals surface area contributed by atoms with Gasteiger partial charge in [-0.15, -0.1) is 0 Å². The van der Waals surface area contributed by atoms with E-state index < -0.39 is 17.5 Å². The summed E-state index contributed by atoms with van der Waals surface area (Å²) in [7, 11) is 0. The Balaban J connectivity index is 1.59. The normalized spacial score (nSPS) is 16.0. The van der Waals surface area contributed by atoms with Crippen LogP contribution in [0.3, 0.4) is 0 Å². The molecule has 0 spiro atoms. The Labute approximate surface area is 169 Å². The van der Waals surface area contributed by atoms with Crippen LogP contribution in [0.1, 0.15) is 18.2 Å². The van der Waals surface area contributed by atoms with Crippen LogP contribution in [0.2, 0.25) is 5.02 Å². The molecule has 1 aliphatic rings. The first-order valence-electron chi connectivity index (χ1n) is 8.93. The summed E-state index contributed by atoms with van der Waals surface area (Å²) in [6.45, 7) is 2.63. The zero-order chi connectivity index (χ0) is 20.7. The van der Waals surface area contributed by atoms with Crippen molar-refractivity contribution < 1.29 is 18.0 Å². The Morgan fingerprint density at radius 3 is 2.72 bits per heavy atom. The van der Waals surface area contributed by atoms with E-state index in [-0.39, 0.29) is 29.9 Å². The van der Waals surface area contributed by atoms with Crippen LogP contribution in [-0.4, -0.2) is 31.6 Å². The van der Waals surface area contributed by atoms with Crippen molar-refractivity contribution in [2.24, 2.45) is 0 Å². The van der Waals surface area contributed by atoms with Gasteiger partial charge in [0.05, 0.1) is 48.3 Å². The highest BCUT2D eigenvalue weighted by atomic mass is 35.5. The molecule has 2 aromatic heterocycles. The van der Waals surface area contributed by atoms with E-state index in [4.69, 9.17) is 11.6 Å². The molecule has 5 nitrogen and oxygen atoms in total. The van der Waals surface area contributed by atoms with Crippen LogP contribution in [0.4, 0.5) is 13.2 Å². The second-order valence-electron chi connectivity index (χ2n) is 6.97. The van der Waals surface area contributed by atoms with Gasteiger partial charge in [-0.1, -0.05) is 11.6 Å². The van der Waals surface area contributed by atoms with E-state index in [0.717, 1.165) is 18.0 Å². The van der Waals surface area contributed by atoms with Gasteiger partial charge < -0.3 is 4.90 Å². The molecule has 3 heterocycles. The highest BCUT2D eigenvalue weighted by Crippen LogP contribution is 2.28. The number of rotatable bonds is 3. The lowest BCUT2D eigenvalue weighted by molar-refractivity contribution is -0.134. The molecule has 0 saturated carbocycles. The topological polar surface area (TPSA) is 51.0 Å². The number of nitrogens with zero attached hydrogens (tertiary/aromatic N) is 4. The number of carbonyl (C=O) groups excluding carboxylic acids is 1. The summed E-state index contributed by atoms with van der Waals surface area (Å²) < 4.78 is 42.0. The predicted octanol–water partition coefficient (Wildman–Crippen LogP) is 3.99. The fraction of sp³-hybridized carbons (Fsp3) is 0.250. The van der Waals surface area contributed by atoms with Crippen LogP contribution in [0.15, 0.2) is 36.7 Å². The van der Waals surface area contributed by atoms with Gasteiger partial charge in [0.2, 0.25) is 5.91 Å². The minimum absolute atomic E-state index is 0.112. The van der Waals surface area contributed by atoms with E-state index in [0.29, 0.717) is 23.4 Å². The van der Waals surface area contributed by atoms with Crippen LogP contribution in [-0.2, 0) is 24.3 Å². The smallest absolute Gasteiger partial charge is 0.227 e. The highest BCUT2D eigenvalue weighted by molar-refractivity contribution is 6.30. The van der Waals surface area contributed by atoms with E-state index in [9.17, 15) is 18.0 Å². The summed E-state index contributed by atoms with van der Waals surface area (Å²) in [5.74, 6) is -2.90. The molecule has 0 fully saturated rings. The minimum atomic E-state index is -1.13. The van der Waals surface area contributed by atoms with Gasteiger partial charge in [-0.2, -0.15) is 5.10 Å². The number of amides is 1. The van der Waals surface area contributed by atoms with Crippen molar-refractivity contribution >= 4 is 17.5 Å². The summed E-state index contributed by atoms with van der Waals surface area (Å²) in [4.78, 5) is 18.6. The third-order valence-electron chi connectivity index (χ3n) is 4.96. The molecule has 0 aliphatic carbocycles. The van der Waals surface area contributed by atoms with E-state index in [2.05, 4.69) is 10.1 Å². The lowest BCUT2D eigenvalue weighted by Crippen LogP contribution is -2.45. The van der Waals surface area contributed by atoms with E-state index in [1.165, 1.54) is 12.1 Å². The molecule has 9 heteroatoms. The van der Waals surface area contributed by atoms with Crippen molar-refractivity contribution in [2.75, 3.05) is 0 Å². The molecular formula is C20H16ClF3N4O. The zero-order valence-electron chi connectivity index (χ0n) is 15.4. The number of hydrogen-bond donors (Lipinski definition) is 0. The SMILES string of the molecule is CC1Cn2ncc(-c3ccc(F)cn3)c2CN1C(=O)Cc1cc(F)c(F)c(Cl)c1. The molecular weight excluding hydrogens is 405 g/mol. The van der Waals surface area contributed by atoms with E-state index in [1.807, 2.05) is 6.92 Å². The summed E-state index contributed by atoms with van der Waals surface area (Å²) >= 11 is 5.68. The minimum Gasteiger partial charge on any atom is -0.332 e. The molecule has 0 saturated heterocycles. The first kappa shape index (κ1) is 19.4. The van der Waals surface area contributed by atoms with Crippen molar-refractivity contribution in [3.05, 3.63) is 70.4 Å². The Morgan fingerprint density at radius 1 is 1.24 bits per heavy atom. The molecule has 0 N–H and O–H groups in total. The maximum Gasteiger partial charge on any atom is 0.227 e. The van der Waals surface area contributed by atoms with E-state index in [1.54, 1.807) is 21.8 Å². The number of pyridine rings is 1. The van der Waals surface area contributed by atoms with Gasteiger partial charge >= 0.3 is 0 Å². The van der Waals surface area contributed by atoms with Gasteiger partial charge in [0.25, 0.3) is 0 Å². The lowest BCUT2D eigenvalue weighted by Gasteiger charge is -2.34. The number of benzene rings is 1. The third kappa shape index (κ3) is 3.72. The first-order valence-corrected chi connectivity index (χ1v) is 9.30. The summed E-state index contributed by atoms with van der Waals surface area (Å²) in [5, 5.41) is 3.99. The molecule has 1 atom stereocenters. The maximum absolute atomic E-state index is 13.6. The van der Waals surface area contributed by atoms with Crippen LogP contribution < -0.4 is 0 Å². The molecule has 150 valence electrons. The van der Waals surface area contributed by atoms with Crippen molar-refractivity contribution in [1.82, 2.24) is 19.7 Å². The molecule has 3 aromatic rings. The largest absolute Gasteiger partial charge is 0.332 e. The first-order chi connectivity index (χ1) is 13.8. The van der Waals surface area contributed by atoms with E-state index >= 15 is 0 Å². The van der Waals surface area contributed by atoms with Gasteiger partial charge in [-0.3, -0.25) is 14.5 Å². The molecule has 1 aliphatic heterocycles. The predicted molar refractivity (Wildman–Crippen MR) is 101 cm³/mol. The van der Waals surface area contributed by atoms with Gasteiger partial charge in [-0.05, 0) is 36.8 Å². The summed E-state index contributed by atoms with van der Waals surface area (Å²) in [6, 6.07) is 4.95. The number of halogens is 4. The second-order valence-corrected chi connectivity index (χ2v) is 7.38. The van der Waals surface area contributed by atoms with Crippen LogP contribution in [0.25, 0.3) is 11.3 Å². The second kappa shape index (κ2) is 7.51. The van der Waals surface area contributed by atoms with Gasteiger partial charge in [0, 0.05) is 11.6 Å². The number of fused-ring (bicyclic) bond motifs is 1. The van der Waals surface area contributed by atoms with Gasteiger partial charge in [0.15, 0.2) is 11.6 Å². The van der Waals surface area contributed by atoms with Crippen molar-refractivity contribution in [1.29, 1.82) is 0 Å². The summed E-state index contributed by atoms with van der Waals surface area (Å²) in [5.41, 5.74) is 2.34. The Hall–Kier alpha value is -2.87. The quantitative estimate of drug-likeness (QED) is 0.602. The Bertz CT molecular complexity index is 1060. The number of aromatic nitrogens is 3. The molecule has 4 rings (SSSR count). The molecule has 29 heavy (non-hydrogen) atoms. The Morgan fingerprint density at radius 2 is 2.03 bits per heavy atom. The molecule has 1 aromatic carbocycles. The third-order valence-corrected chi connectivity index (χ3v) is 5.24. The van der Waals surface area contributed by atoms with Crippen LogP contribution >= 0.6 is 11.6 Å². The van der Waals surface area contributed by atoms with Crippen LogP contribution in [0, 0.1) is 17.5 Å².